The molecule has 1 aliphatic rings. The molecule has 1 amide bonds. The molecule has 0 aliphatic heterocycles. The van der Waals surface area contributed by atoms with Crippen molar-refractivity contribution in [3.05, 3.63) is 61.1 Å². The lowest BCUT2D eigenvalue weighted by Crippen LogP contribution is -2.29. The van der Waals surface area contributed by atoms with Gasteiger partial charge in [-0.2, -0.15) is 0 Å². The summed E-state index contributed by atoms with van der Waals surface area (Å²) in [5, 5.41) is 12.7. The van der Waals surface area contributed by atoms with Gasteiger partial charge in [-0.05, 0) is 54.8 Å². The van der Waals surface area contributed by atoms with E-state index in [9.17, 15) is 4.79 Å². The maximum absolute atomic E-state index is 12.2. The standard InChI is InChI=1S/C24H25N5O/c1-2-25-24(30)20-9-10-21(13-20)29-15-27-28-23(29)18-6-3-16(4-7-18)19-8-5-17-11-12-26-22(17)14-19/h3-8,11-12,14-15,20-21,26H,2,9-10,13H2,1H3,(H,25,30). The van der Waals surface area contributed by atoms with Gasteiger partial charge in [0.25, 0.3) is 0 Å². The van der Waals surface area contributed by atoms with Crippen LogP contribution in [0, 0.1) is 5.92 Å². The number of fused-ring (bicyclic) bond motifs is 1. The van der Waals surface area contributed by atoms with Crippen LogP contribution in [0.1, 0.15) is 32.2 Å². The largest absolute Gasteiger partial charge is 0.361 e. The minimum atomic E-state index is 0.0792. The van der Waals surface area contributed by atoms with Gasteiger partial charge in [-0.3, -0.25) is 4.79 Å². The van der Waals surface area contributed by atoms with Crippen LogP contribution in [0.2, 0.25) is 0 Å². The van der Waals surface area contributed by atoms with Crippen LogP contribution in [0.15, 0.2) is 61.1 Å². The Morgan fingerprint density at radius 2 is 1.90 bits per heavy atom. The average molecular weight is 399 g/mol. The van der Waals surface area contributed by atoms with E-state index in [1.165, 1.54) is 16.5 Å². The molecule has 2 atom stereocenters. The van der Waals surface area contributed by atoms with Gasteiger partial charge >= 0.3 is 0 Å². The Bertz CT molecular complexity index is 1170. The molecule has 2 aromatic carbocycles. The zero-order valence-corrected chi connectivity index (χ0v) is 17.0. The van der Waals surface area contributed by atoms with Crippen molar-refractivity contribution in [2.75, 3.05) is 6.54 Å². The third kappa shape index (κ3) is 3.38. The summed E-state index contributed by atoms with van der Waals surface area (Å²) in [7, 11) is 0. The summed E-state index contributed by atoms with van der Waals surface area (Å²) in [5.41, 5.74) is 4.52. The molecule has 152 valence electrons. The SMILES string of the molecule is CCNC(=O)C1CCC(n2cnnc2-c2ccc(-c3ccc4cc[nH]c4c3)cc2)C1. The molecule has 2 N–H and O–H groups in total. The Hall–Kier alpha value is -3.41. The van der Waals surface area contributed by atoms with E-state index in [1.807, 2.05) is 13.1 Å². The summed E-state index contributed by atoms with van der Waals surface area (Å²) in [5.74, 6) is 1.11. The highest BCUT2D eigenvalue weighted by atomic mass is 16.1. The molecule has 1 saturated carbocycles. The fraction of sp³-hybridized carbons (Fsp3) is 0.292. The third-order valence-electron chi connectivity index (χ3n) is 6.12. The van der Waals surface area contributed by atoms with Crippen LogP contribution < -0.4 is 5.32 Å². The van der Waals surface area contributed by atoms with Crippen LogP contribution in [0.25, 0.3) is 33.4 Å². The number of hydrogen-bond donors (Lipinski definition) is 2. The molecule has 5 rings (SSSR count). The molecular weight excluding hydrogens is 374 g/mol. The molecule has 6 nitrogen and oxygen atoms in total. The minimum absolute atomic E-state index is 0.0792. The van der Waals surface area contributed by atoms with Crippen LogP contribution in [0.4, 0.5) is 0 Å². The van der Waals surface area contributed by atoms with Gasteiger partial charge in [0, 0.05) is 35.8 Å². The fourth-order valence-electron chi connectivity index (χ4n) is 4.52. The smallest absolute Gasteiger partial charge is 0.223 e. The highest BCUT2D eigenvalue weighted by molar-refractivity contribution is 5.85. The van der Waals surface area contributed by atoms with Gasteiger partial charge < -0.3 is 14.9 Å². The van der Waals surface area contributed by atoms with E-state index in [0.29, 0.717) is 6.54 Å². The number of carbonyl (C=O) groups excluding carboxylic acids is 1. The van der Waals surface area contributed by atoms with Crippen molar-refractivity contribution in [2.45, 2.75) is 32.2 Å². The van der Waals surface area contributed by atoms with Gasteiger partial charge in [-0.15, -0.1) is 10.2 Å². The number of carbonyl (C=O) groups is 1. The predicted molar refractivity (Wildman–Crippen MR) is 118 cm³/mol. The molecule has 2 unspecified atom stereocenters. The van der Waals surface area contributed by atoms with Crippen molar-refractivity contribution in [3.8, 4) is 22.5 Å². The lowest BCUT2D eigenvalue weighted by Gasteiger charge is -2.15. The average Bonchev–Trinajstić information content (AvgIpc) is 3.53. The van der Waals surface area contributed by atoms with E-state index in [-0.39, 0.29) is 17.9 Å². The van der Waals surface area contributed by atoms with Gasteiger partial charge in [0.1, 0.15) is 6.33 Å². The number of nitrogens with zero attached hydrogens (tertiary/aromatic N) is 3. The third-order valence-corrected chi connectivity index (χ3v) is 6.12. The molecule has 0 radical (unpaired) electrons. The van der Waals surface area contributed by atoms with E-state index in [2.05, 4.69) is 73.6 Å². The number of hydrogen-bond acceptors (Lipinski definition) is 3. The molecule has 6 heteroatoms. The van der Waals surface area contributed by atoms with Crippen LogP contribution >= 0.6 is 0 Å². The molecule has 0 bridgehead atoms. The van der Waals surface area contributed by atoms with E-state index in [0.717, 1.165) is 36.2 Å². The molecular formula is C24H25N5O. The summed E-state index contributed by atoms with van der Waals surface area (Å²) in [4.78, 5) is 15.5. The van der Waals surface area contributed by atoms with E-state index < -0.39 is 0 Å². The number of aromatic nitrogens is 4. The van der Waals surface area contributed by atoms with Crippen molar-refractivity contribution in [1.82, 2.24) is 25.1 Å². The summed E-state index contributed by atoms with van der Waals surface area (Å²) < 4.78 is 2.14. The normalized spacial score (nSPS) is 18.7. The summed E-state index contributed by atoms with van der Waals surface area (Å²) in [6.45, 7) is 2.64. The molecule has 1 fully saturated rings. The van der Waals surface area contributed by atoms with E-state index in [1.54, 1.807) is 6.33 Å². The quantitative estimate of drug-likeness (QED) is 0.516. The molecule has 2 aromatic heterocycles. The number of benzene rings is 2. The molecule has 0 saturated heterocycles. The lowest BCUT2D eigenvalue weighted by atomic mass is 10.0. The first-order valence-corrected chi connectivity index (χ1v) is 10.6. The fourth-order valence-corrected chi connectivity index (χ4v) is 4.52. The molecule has 0 spiro atoms. The Balaban J connectivity index is 1.37. The second-order valence-electron chi connectivity index (χ2n) is 7.98. The van der Waals surface area contributed by atoms with Crippen LogP contribution in [0.5, 0.6) is 0 Å². The van der Waals surface area contributed by atoms with Gasteiger partial charge in [0.2, 0.25) is 5.91 Å². The van der Waals surface area contributed by atoms with Crippen molar-refractivity contribution < 1.29 is 4.79 Å². The number of amides is 1. The minimum Gasteiger partial charge on any atom is -0.361 e. The summed E-state index contributed by atoms with van der Waals surface area (Å²) >= 11 is 0. The Labute approximate surface area is 175 Å². The second-order valence-corrected chi connectivity index (χ2v) is 7.98. The van der Waals surface area contributed by atoms with Gasteiger partial charge in [-0.1, -0.05) is 36.4 Å². The first-order chi connectivity index (χ1) is 14.7. The molecule has 30 heavy (non-hydrogen) atoms. The maximum atomic E-state index is 12.2. The Morgan fingerprint density at radius 1 is 1.10 bits per heavy atom. The van der Waals surface area contributed by atoms with Gasteiger partial charge in [0.15, 0.2) is 5.82 Å². The van der Waals surface area contributed by atoms with Gasteiger partial charge in [0.05, 0.1) is 0 Å². The first-order valence-electron chi connectivity index (χ1n) is 10.6. The first kappa shape index (κ1) is 18.6. The Kier molecular flexibility index (Phi) is 4.83. The lowest BCUT2D eigenvalue weighted by molar-refractivity contribution is -0.124. The summed E-state index contributed by atoms with van der Waals surface area (Å²) in [6, 6.07) is 17.3. The highest BCUT2D eigenvalue weighted by Gasteiger charge is 2.31. The summed E-state index contributed by atoms with van der Waals surface area (Å²) in [6.07, 6.45) is 6.48. The van der Waals surface area contributed by atoms with Crippen LogP contribution in [-0.4, -0.2) is 32.2 Å². The highest BCUT2D eigenvalue weighted by Crippen LogP contribution is 2.37. The predicted octanol–water partition coefficient (Wildman–Crippen LogP) is 4.57. The molecule has 4 aromatic rings. The number of rotatable bonds is 5. The number of nitrogens with one attached hydrogen (secondary N) is 2. The maximum Gasteiger partial charge on any atom is 0.223 e. The van der Waals surface area contributed by atoms with Crippen molar-refractivity contribution >= 4 is 16.8 Å². The van der Waals surface area contributed by atoms with E-state index in [4.69, 9.17) is 0 Å². The number of H-pyrrole nitrogens is 1. The zero-order valence-electron chi connectivity index (χ0n) is 17.0. The zero-order chi connectivity index (χ0) is 20.5. The van der Waals surface area contributed by atoms with Gasteiger partial charge in [-0.25, -0.2) is 0 Å². The Morgan fingerprint density at radius 3 is 2.73 bits per heavy atom. The monoisotopic (exact) mass is 399 g/mol. The van der Waals surface area contributed by atoms with E-state index >= 15 is 0 Å². The molecule has 1 aliphatic carbocycles. The van der Waals surface area contributed by atoms with Crippen molar-refractivity contribution in [2.24, 2.45) is 5.92 Å². The number of aromatic amines is 1. The second kappa shape index (κ2) is 7.78. The van der Waals surface area contributed by atoms with Crippen molar-refractivity contribution in [3.63, 3.8) is 0 Å². The van der Waals surface area contributed by atoms with Crippen molar-refractivity contribution in [1.29, 1.82) is 0 Å². The molecule has 2 heterocycles. The topological polar surface area (TPSA) is 75.6 Å². The van der Waals surface area contributed by atoms with Crippen LogP contribution in [-0.2, 0) is 4.79 Å². The van der Waals surface area contributed by atoms with Crippen LogP contribution in [0.3, 0.4) is 0 Å².